The fraction of sp³-hybridized carbons (Fsp3) is 0. The van der Waals surface area contributed by atoms with Gasteiger partial charge in [-0.15, -0.1) is 0 Å². The van der Waals surface area contributed by atoms with Crippen LogP contribution in [0.25, 0.3) is 6.08 Å². The van der Waals surface area contributed by atoms with Crippen LogP contribution in [0.2, 0.25) is 0 Å². The van der Waals surface area contributed by atoms with Crippen LogP contribution in [0.15, 0.2) is 92.7 Å². The van der Waals surface area contributed by atoms with E-state index < -0.39 is 0 Å². The van der Waals surface area contributed by atoms with Gasteiger partial charge in [-0.3, -0.25) is 14.7 Å². The Morgan fingerprint density at radius 2 is 1.70 bits per heavy atom. The number of carbonyl (C=O) groups excluding carboxylic acids is 1. The van der Waals surface area contributed by atoms with Gasteiger partial charge in [0.1, 0.15) is 11.5 Å². The minimum absolute atomic E-state index is 0.171. The third kappa shape index (κ3) is 3.63. The summed E-state index contributed by atoms with van der Waals surface area (Å²) in [6.07, 6.45) is 5.16. The SMILES string of the molecule is O=C1/C(=C\c2ccncc2)N=C(c2ccccc2Br)N1c1cccc(Br)c1. The van der Waals surface area contributed by atoms with Gasteiger partial charge in [0.2, 0.25) is 0 Å². The molecule has 1 aliphatic rings. The summed E-state index contributed by atoms with van der Waals surface area (Å²) in [5, 5.41) is 0. The summed E-state index contributed by atoms with van der Waals surface area (Å²) in [6.45, 7) is 0. The minimum Gasteiger partial charge on any atom is -0.266 e. The predicted molar refractivity (Wildman–Crippen MR) is 115 cm³/mol. The lowest BCUT2D eigenvalue weighted by molar-refractivity contribution is -0.113. The van der Waals surface area contributed by atoms with Crippen LogP contribution in [-0.2, 0) is 4.79 Å². The zero-order chi connectivity index (χ0) is 18.8. The van der Waals surface area contributed by atoms with E-state index in [9.17, 15) is 4.79 Å². The minimum atomic E-state index is -0.171. The molecular weight excluding hydrogens is 470 g/mol. The van der Waals surface area contributed by atoms with E-state index in [0.717, 1.165) is 25.8 Å². The first kappa shape index (κ1) is 17.8. The number of hydrogen-bond donors (Lipinski definition) is 0. The standard InChI is InChI=1S/C21H13Br2N3O/c22-15-4-3-5-16(13-15)26-20(17-6-1-2-7-18(17)23)25-19(21(26)27)12-14-8-10-24-11-9-14/h1-13H/b19-12+. The van der Waals surface area contributed by atoms with E-state index in [1.54, 1.807) is 23.4 Å². The average Bonchev–Trinajstić information content (AvgIpc) is 2.99. The summed E-state index contributed by atoms with van der Waals surface area (Å²) in [5.74, 6) is 0.418. The van der Waals surface area contributed by atoms with Crippen molar-refractivity contribution in [2.75, 3.05) is 4.90 Å². The van der Waals surface area contributed by atoms with Crippen molar-refractivity contribution < 1.29 is 4.79 Å². The smallest absolute Gasteiger partial charge is 0.266 e. The maximum absolute atomic E-state index is 13.2. The largest absolute Gasteiger partial charge is 0.282 e. The molecule has 0 aliphatic carbocycles. The first-order valence-corrected chi connectivity index (χ1v) is 9.77. The van der Waals surface area contributed by atoms with Crippen LogP contribution in [-0.4, -0.2) is 16.7 Å². The van der Waals surface area contributed by atoms with Crippen molar-refractivity contribution in [3.8, 4) is 0 Å². The van der Waals surface area contributed by atoms with Crippen molar-refractivity contribution in [1.82, 2.24) is 4.98 Å². The lowest BCUT2D eigenvalue weighted by Crippen LogP contribution is -2.32. The molecule has 0 atom stereocenters. The first-order valence-electron chi connectivity index (χ1n) is 8.19. The van der Waals surface area contributed by atoms with Gasteiger partial charge in [0.15, 0.2) is 0 Å². The van der Waals surface area contributed by atoms with Gasteiger partial charge < -0.3 is 0 Å². The molecule has 0 saturated heterocycles. The molecule has 1 amide bonds. The second-order valence-corrected chi connectivity index (χ2v) is 7.62. The summed E-state index contributed by atoms with van der Waals surface area (Å²) < 4.78 is 1.77. The number of amides is 1. The van der Waals surface area contributed by atoms with E-state index in [1.165, 1.54) is 0 Å². The summed E-state index contributed by atoms with van der Waals surface area (Å²) >= 11 is 7.05. The summed E-state index contributed by atoms with van der Waals surface area (Å²) in [5.41, 5.74) is 2.86. The van der Waals surface area contributed by atoms with Crippen molar-refractivity contribution in [2.45, 2.75) is 0 Å². The highest BCUT2D eigenvalue weighted by molar-refractivity contribution is 9.10. The van der Waals surface area contributed by atoms with Crippen LogP contribution in [0.4, 0.5) is 5.69 Å². The van der Waals surface area contributed by atoms with Crippen molar-refractivity contribution in [3.63, 3.8) is 0 Å². The normalized spacial score (nSPS) is 15.3. The first-order chi connectivity index (χ1) is 13.1. The Kier molecular flexibility index (Phi) is 5.01. The molecule has 2 aromatic carbocycles. The van der Waals surface area contributed by atoms with E-state index in [4.69, 9.17) is 0 Å². The molecule has 2 heterocycles. The number of nitrogens with zero attached hydrogens (tertiary/aromatic N) is 3. The van der Waals surface area contributed by atoms with E-state index in [1.807, 2.05) is 60.7 Å². The monoisotopic (exact) mass is 481 g/mol. The molecule has 0 bridgehead atoms. The van der Waals surface area contributed by atoms with Gasteiger partial charge in [0, 0.05) is 26.9 Å². The topological polar surface area (TPSA) is 45.6 Å². The van der Waals surface area contributed by atoms with E-state index in [-0.39, 0.29) is 5.91 Å². The molecule has 3 aromatic rings. The Labute approximate surface area is 173 Å². The lowest BCUT2D eigenvalue weighted by atomic mass is 10.1. The highest BCUT2D eigenvalue weighted by atomic mass is 79.9. The second-order valence-electron chi connectivity index (χ2n) is 5.85. The zero-order valence-electron chi connectivity index (χ0n) is 14.0. The molecule has 0 saturated carbocycles. The van der Waals surface area contributed by atoms with Gasteiger partial charge >= 0.3 is 0 Å². The summed E-state index contributed by atoms with van der Waals surface area (Å²) in [7, 11) is 0. The summed E-state index contributed by atoms with van der Waals surface area (Å²) in [6, 6.07) is 19.0. The molecule has 132 valence electrons. The third-order valence-electron chi connectivity index (χ3n) is 4.05. The predicted octanol–water partition coefficient (Wildman–Crippen LogP) is 5.44. The van der Waals surface area contributed by atoms with Crippen LogP contribution in [0.1, 0.15) is 11.1 Å². The molecule has 27 heavy (non-hydrogen) atoms. The Hall–Kier alpha value is -2.57. The van der Waals surface area contributed by atoms with Crippen molar-refractivity contribution in [3.05, 3.63) is 98.8 Å². The second kappa shape index (κ2) is 7.58. The number of carbonyl (C=O) groups is 1. The van der Waals surface area contributed by atoms with Crippen molar-refractivity contribution in [2.24, 2.45) is 4.99 Å². The van der Waals surface area contributed by atoms with Gasteiger partial charge in [0.05, 0.1) is 5.69 Å². The van der Waals surface area contributed by atoms with Crippen LogP contribution in [0.3, 0.4) is 0 Å². The van der Waals surface area contributed by atoms with Gasteiger partial charge in [-0.2, -0.15) is 0 Å². The highest BCUT2D eigenvalue weighted by Crippen LogP contribution is 2.31. The van der Waals surface area contributed by atoms with Crippen LogP contribution in [0, 0.1) is 0 Å². The third-order valence-corrected chi connectivity index (χ3v) is 5.24. The lowest BCUT2D eigenvalue weighted by Gasteiger charge is -2.19. The van der Waals surface area contributed by atoms with Crippen LogP contribution >= 0.6 is 31.9 Å². The van der Waals surface area contributed by atoms with E-state index >= 15 is 0 Å². The van der Waals surface area contributed by atoms with Crippen LogP contribution in [0.5, 0.6) is 0 Å². The number of aromatic nitrogens is 1. The molecule has 6 heteroatoms. The highest BCUT2D eigenvalue weighted by Gasteiger charge is 2.33. The molecule has 4 nitrogen and oxygen atoms in total. The quantitative estimate of drug-likeness (QED) is 0.466. The number of benzene rings is 2. The Bertz CT molecular complexity index is 1080. The summed E-state index contributed by atoms with van der Waals surface area (Å²) in [4.78, 5) is 23.5. The van der Waals surface area contributed by atoms with E-state index in [2.05, 4.69) is 41.8 Å². The van der Waals surface area contributed by atoms with Crippen molar-refractivity contribution >= 4 is 55.4 Å². The Morgan fingerprint density at radius 1 is 0.926 bits per heavy atom. The van der Waals surface area contributed by atoms with Crippen molar-refractivity contribution in [1.29, 1.82) is 0 Å². The fourth-order valence-corrected chi connectivity index (χ4v) is 3.66. The van der Waals surface area contributed by atoms with Gasteiger partial charge in [-0.05, 0) is 48.0 Å². The number of pyridine rings is 1. The number of anilines is 1. The average molecular weight is 483 g/mol. The molecule has 0 spiro atoms. The molecule has 1 aliphatic heterocycles. The maximum atomic E-state index is 13.2. The maximum Gasteiger partial charge on any atom is 0.282 e. The van der Waals surface area contributed by atoms with Gasteiger partial charge in [0.25, 0.3) is 5.91 Å². The molecule has 0 unspecified atom stereocenters. The number of rotatable bonds is 3. The zero-order valence-corrected chi connectivity index (χ0v) is 17.2. The van der Waals surface area contributed by atoms with Crippen LogP contribution < -0.4 is 4.90 Å². The number of aliphatic imine (C=N–C) groups is 1. The van der Waals surface area contributed by atoms with Gasteiger partial charge in [-0.25, -0.2) is 4.99 Å². The molecule has 1 aromatic heterocycles. The molecule has 4 rings (SSSR count). The molecule has 0 N–H and O–H groups in total. The Morgan fingerprint density at radius 3 is 2.44 bits per heavy atom. The Balaban J connectivity index is 1.87. The number of hydrogen-bond acceptors (Lipinski definition) is 3. The fourth-order valence-electron chi connectivity index (χ4n) is 2.81. The van der Waals surface area contributed by atoms with E-state index in [0.29, 0.717) is 11.5 Å². The molecular formula is C21H13Br2N3O. The van der Waals surface area contributed by atoms with Gasteiger partial charge in [-0.1, -0.05) is 56.1 Å². The molecule has 0 radical (unpaired) electrons. The number of halogens is 2. The molecule has 0 fully saturated rings. The number of amidine groups is 1.